The summed E-state index contributed by atoms with van der Waals surface area (Å²) in [5.41, 5.74) is -0.586. The van der Waals surface area contributed by atoms with Crippen molar-refractivity contribution in [2.45, 2.75) is 19.5 Å². The number of hydrogen-bond acceptors (Lipinski definition) is 6. The minimum Gasteiger partial charge on any atom is -0.465 e. The summed E-state index contributed by atoms with van der Waals surface area (Å²) in [5.74, 6) is -0.940. The SMILES string of the molecule is COC(=O)c1ccc(NC(=O)CCNc2ccc(C(F)(F)F)cc2[N+](=O)[O-])c(C)c1. The average Bonchev–Trinajstić information content (AvgIpc) is 2.68. The standard InChI is InChI=1S/C19H18F3N3O5/c1-11-9-12(18(27)30-2)3-5-14(11)24-17(26)7-8-23-15-6-4-13(19(20,21)22)10-16(15)25(28)29/h3-6,9-10,23H,7-8H2,1-2H3,(H,24,26). The molecule has 2 rings (SSSR count). The van der Waals surface area contributed by atoms with E-state index in [4.69, 9.17) is 0 Å². The van der Waals surface area contributed by atoms with E-state index in [2.05, 4.69) is 15.4 Å². The van der Waals surface area contributed by atoms with Gasteiger partial charge in [-0.25, -0.2) is 4.79 Å². The van der Waals surface area contributed by atoms with Crippen LogP contribution in [0, 0.1) is 17.0 Å². The number of carbonyl (C=O) groups is 2. The number of anilines is 2. The predicted octanol–water partition coefficient (Wildman–Crippen LogP) is 4.15. The molecule has 0 atom stereocenters. The number of benzene rings is 2. The third kappa shape index (κ3) is 5.69. The molecule has 11 heteroatoms. The van der Waals surface area contributed by atoms with Gasteiger partial charge in [-0.2, -0.15) is 13.2 Å². The van der Waals surface area contributed by atoms with Crippen LogP contribution in [0.1, 0.15) is 27.9 Å². The molecule has 8 nitrogen and oxygen atoms in total. The first-order chi connectivity index (χ1) is 14.0. The highest BCUT2D eigenvalue weighted by Gasteiger charge is 2.33. The van der Waals surface area contributed by atoms with Gasteiger partial charge in [-0.3, -0.25) is 14.9 Å². The maximum Gasteiger partial charge on any atom is 0.416 e. The predicted molar refractivity (Wildman–Crippen MR) is 102 cm³/mol. The number of aryl methyl sites for hydroxylation is 1. The van der Waals surface area contributed by atoms with Crippen LogP contribution in [0.4, 0.5) is 30.2 Å². The monoisotopic (exact) mass is 425 g/mol. The molecule has 0 radical (unpaired) electrons. The van der Waals surface area contributed by atoms with Crippen LogP contribution in [0.2, 0.25) is 0 Å². The Balaban J connectivity index is 1.99. The lowest BCUT2D eigenvalue weighted by Gasteiger charge is -2.12. The largest absolute Gasteiger partial charge is 0.465 e. The van der Waals surface area contributed by atoms with Crippen LogP contribution in [-0.2, 0) is 15.7 Å². The topological polar surface area (TPSA) is 111 Å². The molecule has 0 fully saturated rings. The molecule has 0 aliphatic carbocycles. The molecule has 0 bridgehead atoms. The van der Waals surface area contributed by atoms with Crippen LogP contribution in [0.5, 0.6) is 0 Å². The van der Waals surface area contributed by atoms with Crippen LogP contribution in [0.3, 0.4) is 0 Å². The van der Waals surface area contributed by atoms with E-state index >= 15 is 0 Å². The number of rotatable bonds is 7. The van der Waals surface area contributed by atoms with Gasteiger partial charge in [0.1, 0.15) is 5.69 Å². The maximum absolute atomic E-state index is 12.7. The molecule has 160 valence electrons. The van der Waals surface area contributed by atoms with E-state index in [0.29, 0.717) is 22.9 Å². The number of hydrogen-bond donors (Lipinski definition) is 2. The Morgan fingerprint density at radius 3 is 2.37 bits per heavy atom. The molecule has 0 heterocycles. The Morgan fingerprint density at radius 2 is 1.80 bits per heavy atom. The van der Waals surface area contributed by atoms with E-state index < -0.39 is 34.2 Å². The van der Waals surface area contributed by atoms with Gasteiger partial charge in [0.2, 0.25) is 5.91 Å². The minimum atomic E-state index is -4.70. The van der Waals surface area contributed by atoms with Gasteiger partial charge in [-0.15, -0.1) is 0 Å². The average molecular weight is 425 g/mol. The number of halogens is 3. The van der Waals surface area contributed by atoms with Crippen LogP contribution < -0.4 is 10.6 Å². The van der Waals surface area contributed by atoms with Crippen molar-refractivity contribution in [2.24, 2.45) is 0 Å². The van der Waals surface area contributed by atoms with E-state index in [-0.39, 0.29) is 18.7 Å². The number of nitrogens with one attached hydrogen (secondary N) is 2. The zero-order valence-electron chi connectivity index (χ0n) is 16.0. The normalized spacial score (nSPS) is 11.0. The lowest BCUT2D eigenvalue weighted by molar-refractivity contribution is -0.384. The molecule has 0 unspecified atom stereocenters. The lowest BCUT2D eigenvalue weighted by atomic mass is 10.1. The van der Waals surface area contributed by atoms with Crippen molar-refractivity contribution in [1.29, 1.82) is 0 Å². The summed E-state index contributed by atoms with van der Waals surface area (Å²) in [5, 5.41) is 16.3. The number of nitrogens with zero attached hydrogens (tertiary/aromatic N) is 1. The molecular formula is C19H18F3N3O5. The van der Waals surface area contributed by atoms with Gasteiger partial charge in [0, 0.05) is 24.7 Å². The molecule has 30 heavy (non-hydrogen) atoms. The third-order valence-electron chi connectivity index (χ3n) is 4.11. The van der Waals surface area contributed by atoms with E-state index in [1.54, 1.807) is 13.0 Å². The second-order valence-electron chi connectivity index (χ2n) is 6.23. The van der Waals surface area contributed by atoms with Crippen molar-refractivity contribution in [1.82, 2.24) is 0 Å². The van der Waals surface area contributed by atoms with Crippen molar-refractivity contribution >= 4 is 28.9 Å². The van der Waals surface area contributed by atoms with Crippen LogP contribution in [-0.4, -0.2) is 30.5 Å². The number of amides is 1. The summed E-state index contributed by atoms with van der Waals surface area (Å²) < 4.78 is 42.8. The molecule has 0 aromatic heterocycles. The van der Waals surface area contributed by atoms with Gasteiger partial charge in [0.05, 0.1) is 23.2 Å². The van der Waals surface area contributed by atoms with Crippen LogP contribution in [0.25, 0.3) is 0 Å². The highest BCUT2D eigenvalue weighted by molar-refractivity contribution is 5.94. The third-order valence-corrected chi connectivity index (χ3v) is 4.11. The molecule has 0 spiro atoms. The van der Waals surface area contributed by atoms with Gasteiger partial charge in [0.15, 0.2) is 0 Å². The number of alkyl halides is 3. The fourth-order valence-electron chi connectivity index (χ4n) is 2.58. The summed E-state index contributed by atoms with van der Waals surface area (Å²) in [6, 6.07) is 6.68. The first-order valence-corrected chi connectivity index (χ1v) is 8.61. The smallest absolute Gasteiger partial charge is 0.416 e. The fraction of sp³-hybridized carbons (Fsp3) is 0.263. The minimum absolute atomic E-state index is 0.0443. The zero-order valence-corrected chi connectivity index (χ0v) is 16.0. The molecule has 2 aromatic rings. The quantitative estimate of drug-likeness (QED) is 0.392. The molecule has 1 amide bonds. The van der Waals surface area contributed by atoms with Crippen molar-refractivity contribution in [3.63, 3.8) is 0 Å². The number of nitro benzene ring substituents is 1. The van der Waals surface area contributed by atoms with Crippen molar-refractivity contribution in [2.75, 3.05) is 24.3 Å². The molecule has 2 aromatic carbocycles. The summed E-state index contributed by atoms with van der Waals surface area (Å²) in [4.78, 5) is 33.7. The van der Waals surface area contributed by atoms with Gasteiger partial charge >= 0.3 is 12.1 Å². The van der Waals surface area contributed by atoms with Crippen LogP contribution in [0.15, 0.2) is 36.4 Å². The van der Waals surface area contributed by atoms with E-state index in [1.165, 1.54) is 19.2 Å². The second-order valence-corrected chi connectivity index (χ2v) is 6.23. The van der Waals surface area contributed by atoms with Gasteiger partial charge in [-0.1, -0.05) is 0 Å². The maximum atomic E-state index is 12.7. The Morgan fingerprint density at radius 1 is 1.13 bits per heavy atom. The second kappa shape index (κ2) is 9.25. The highest BCUT2D eigenvalue weighted by Crippen LogP contribution is 2.34. The highest BCUT2D eigenvalue weighted by atomic mass is 19.4. The summed E-state index contributed by atoms with van der Waals surface area (Å²) in [7, 11) is 1.25. The zero-order chi connectivity index (χ0) is 22.5. The van der Waals surface area contributed by atoms with E-state index in [9.17, 15) is 32.9 Å². The van der Waals surface area contributed by atoms with E-state index in [1.807, 2.05) is 0 Å². The Hall–Kier alpha value is -3.63. The van der Waals surface area contributed by atoms with Gasteiger partial charge in [-0.05, 0) is 42.8 Å². The fourth-order valence-corrected chi connectivity index (χ4v) is 2.58. The molecule has 2 N–H and O–H groups in total. The number of esters is 1. The molecule has 0 saturated heterocycles. The Labute approximate surface area is 169 Å². The Kier molecular flexibility index (Phi) is 6.98. The molecule has 0 saturated carbocycles. The van der Waals surface area contributed by atoms with Gasteiger partial charge in [0.25, 0.3) is 5.69 Å². The number of carbonyl (C=O) groups excluding carboxylic acids is 2. The summed E-state index contributed by atoms with van der Waals surface area (Å²) >= 11 is 0. The van der Waals surface area contributed by atoms with Crippen LogP contribution >= 0.6 is 0 Å². The summed E-state index contributed by atoms with van der Waals surface area (Å²) in [6.45, 7) is 1.64. The number of ether oxygens (including phenoxy) is 1. The number of nitro groups is 1. The first-order valence-electron chi connectivity index (χ1n) is 8.61. The molecule has 0 aliphatic rings. The molecule has 0 aliphatic heterocycles. The first kappa shape index (κ1) is 22.7. The molecular weight excluding hydrogens is 407 g/mol. The van der Waals surface area contributed by atoms with Gasteiger partial charge < -0.3 is 15.4 Å². The number of methoxy groups -OCH3 is 1. The lowest BCUT2D eigenvalue weighted by Crippen LogP contribution is -2.17. The Bertz CT molecular complexity index is 976. The summed E-state index contributed by atoms with van der Waals surface area (Å²) in [6.07, 6.45) is -4.80. The van der Waals surface area contributed by atoms with E-state index in [0.717, 1.165) is 12.1 Å². The van der Waals surface area contributed by atoms with Crippen molar-refractivity contribution in [3.05, 3.63) is 63.2 Å². The van der Waals surface area contributed by atoms with Crippen molar-refractivity contribution < 1.29 is 32.4 Å². The van der Waals surface area contributed by atoms with Crippen molar-refractivity contribution in [3.8, 4) is 0 Å².